The number of primary amides is 1. The van der Waals surface area contributed by atoms with E-state index in [1.165, 1.54) is 12.1 Å². The van der Waals surface area contributed by atoms with Crippen LogP contribution in [0.5, 0.6) is 0 Å². The smallest absolute Gasteiger partial charge is 0.274 e. The molecule has 0 saturated heterocycles. The summed E-state index contributed by atoms with van der Waals surface area (Å²) in [5.41, 5.74) is 4.49. The third-order valence-corrected chi connectivity index (χ3v) is 1.60. The van der Waals surface area contributed by atoms with Gasteiger partial charge in [-0.05, 0) is 5.18 Å². The first-order valence-electron chi connectivity index (χ1n) is 3.78. The van der Waals surface area contributed by atoms with Crippen LogP contribution in [0, 0.1) is 4.91 Å². The highest BCUT2D eigenvalue weighted by molar-refractivity contribution is 5.98. The summed E-state index contributed by atoms with van der Waals surface area (Å²) in [6.45, 7) is 0. The summed E-state index contributed by atoms with van der Waals surface area (Å²) in [6, 6.07) is 8.09. The Bertz CT molecular complexity index is 384. The molecule has 1 amide bonds. The van der Waals surface area contributed by atoms with E-state index < -0.39 is 17.4 Å². The second-order valence-corrected chi connectivity index (χ2v) is 2.52. The Labute approximate surface area is 79.8 Å². The van der Waals surface area contributed by atoms with Gasteiger partial charge in [0, 0.05) is 5.56 Å². The summed E-state index contributed by atoms with van der Waals surface area (Å²) in [5.74, 6) is -1.56. The average Bonchev–Trinajstić information content (AvgIpc) is 2.19. The Morgan fingerprint density at radius 2 is 1.86 bits per heavy atom. The molecule has 0 fully saturated rings. The van der Waals surface area contributed by atoms with Crippen molar-refractivity contribution < 1.29 is 9.90 Å². The summed E-state index contributed by atoms with van der Waals surface area (Å²) < 4.78 is 0. The molecule has 0 aliphatic carbocycles. The molecule has 3 N–H and O–H groups in total. The summed E-state index contributed by atoms with van der Waals surface area (Å²) in [6.07, 6.45) is 0. The Hall–Kier alpha value is -2.17. The van der Waals surface area contributed by atoms with Gasteiger partial charge < -0.3 is 10.8 Å². The van der Waals surface area contributed by atoms with Crippen molar-refractivity contribution in [3.63, 3.8) is 0 Å². The van der Waals surface area contributed by atoms with Crippen molar-refractivity contribution >= 4 is 11.7 Å². The topological polar surface area (TPSA) is 92.8 Å². The summed E-state index contributed by atoms with van der Waals surface area (Å²) in [5, 5.41) is 11.8. The van der Waals surface area contributed by atoms with E-state index in [4.69, 9.17) is 5.73 Å². The largest absolute Gasteiger partial charge is 0.505 e. The Kier molecular flexibility index (Phi) is 2.96. The van der Waals surface area contributed by atoms with Gasteiger partial charge in [-0.25, -0.2) is 0 Å². The lowest BCUT2D eigenvalue weighted by molar-refractivity contribution is -0.114. The van der Waals surface area contributed by atoms with Crippen molar-refractivity contribution in [3.8, 4) is 0 Å². The number of benzene rings is 1. The molecule has 0 saturated carbocycles. The van der Waals surface area contributed by atoms with Crippen LogP contribution in [0.2, 0.25) is 0 Å². The number of aliphatic hydroxyl groups excluding tert-OH is 1. The lowest BCUT2D eigenvalue weighted by Gasteiger charge is -2.00. The number of carbonyl (C=O) groups is 1. The summed E-state index contributed by atoms with van der Waals surface area (Å²) in [4.78, 5) is 20.8. The Morgan fingerprint density at radius 3 is 2.29 bits per heavy atom. The van der Waals surface area contributed by atoms with Crippen LogP contribution in [0.4, 0.5) is 0 Å². The maximum atomic E-state index is 10.7. The number of rotatable bonds is 3. The van der Waals surface area contributed by atoms with Gasteiger partial charge in [0.25, 0.3) is 5.91 Å². The molecule has 5 heteroatoms. The molecule has 0 aliphatic heterocycles. The first-order chi connectivity index (χ1) is 6.66. The highest BCUT2D eigenvalue weighted by Gasteiger charge is 2.13. The minimum absolute atomic E-state index is 0.320. The van der Waals surface area contributed by atoms with Crippen LogP contribution in [-0.2, 0) is 4.79 Å². The van der Waals surface area contributed by atoms with Crippen LogP contribution in [-0.4, -0.2) is 11.0 Å². The van der Waals surface area contributed by atoms with E-state index in [1.54, 1.807) is 18.2 Å². The van der Waals surface area contributed by atoms with Gasteiger partial charge in [-0.2, -0.15) is 0 Å². The van der Waals surface area contributed by atoms with E-state index in [2.05, 4.69) is 5.18 Å². The molecule has 0 aromatic heterocycles. The highest BCUT2D eigenvalue weighted by atomic mass is 16.3. The van der Waals surface area contributed by atoms with Gasteiger partial charge in [-0.3, -0.25) is 4.79 Å². The summed E-state index contributed by atoms with van der Waals surface area (Å²) >= 11 is 0. The number of nitroso groups, excluding NO2 is 1. The predicted molar refractivity (Wildman–Crippen MR) is 51.0 cm³/mol. The second-order valence-electron chi connectivity index (χ2n) is 2.52. The number of nitrogens with two attached hydrogens (primary N) is 1. The lowest BCUT2D eigenvalue weighted by atomic mass is 10.1. The van der Waals surface area contributed by atoms with Gasteiger partial charge in [0.05, 0.1) is 0 Å². The fourth-order valence-electron chi connectivity index (χ4n) is 0.938. The minimum Gasteiger partial charge on any atom is -0.505 e. The zero-order chi connectivity index (χ0) is 10.6. The van der Waals surface area contributed by atoms with Crippen molar-refractivity contribution in [1.82, 2.24) is 0 Å². The first-order valence-corrected chi connectivity index (χ1v) is 3.78. The van der Waals surface area contributed by atoms with Crippen LogP contribution in [0.3, 0.4) is 0 Å². The molecular formula is C9H8N2O3. The van der Waals surface area contributed by atoms with Crippen LogP contribution < -0.4 is 5.73 Å². The van der Waals surface area contributed by atoms with E-state index in [9.17, 15) is 14.8 Å². The number of carbonyl (C=O) groups excluding carboxylic acids is 1. The van der Waals surface area contributed by atoms with Crippen molar-refractivity contribution in [3.05, 3.63) is 46.5 Å². The van der Waals surface area contributed by atoms with Gasteiger partial charge in [0.2, 0.25) is 5.70 Å². The second kappa shape index (κ2) is 4.18. The Balaban J connectivity index is 3.21. The van der Waals surface area contributed by atoms with Gasteiger partial charge in [-0.15, -0.1) is 4.91 Å². The standard InChI is InChI=1S/C9H8N2O3/c10-9(13)7(11-14)8(12)6-4-2-1-3-5-6/h1-5,12H,(H2,10,13)/b8-7-. The zero-order valence-electron chi connectivity index (χ0n) is 7.18. The van der Waals surface area contributed by atoms with E-state index >= 15 is 0 Å². The van der Waals surface area contributed by atoms with Gasteiger partial charge in [0.15, 0.2) is 5.76 Å². The third kappa shape index (κ3) is 1.95. The fraction of sp³-hybridized carbons (Fsp3) is 0. The molecule has 1 rings (SSSR count). The van der Waals surface area contributed by atoms with E-state index in [0.717, 1.165) is 0 Å². The SMILES string of the molecule is NC(=O)/C(N=O)=C(/O)c1ccccc1. The maximum absolute atomic E-state index is 10.7. The quantitative estimate of drug-likeness (QED) is 0.427. The monoisotopic (exact) mass is 192 g/mol. The van der Waals surface area contributed by atoms with E-state index in [-0.39, 0.29) is 0 Å². The molecule has 1 aromatic rings. The minimum atomic E-state index is -1.05. The number of hydrogen-bond donors (Lipinski definition) is 2. The van der Waals surface area contributed by atoms with Crippen molar-refractivity contribution in [2.24, 2.45) is 10.9 Å². The predicted octanol–water partition coefficient (Wildman–Crippen LogP) is 1.16. The number of hydrogen-bond acceptors (Lipinski definition) is 4. The molecule has 0 aliphatic rings. The Morgan fingerprint density at radius 1 is 1.29 bits per heavy atom. The van der Waals surface area contributed by atoms with Crippen molar-refractivity contribution in [1.29, 1.82) is 0 Å². The van der Waals surface area contributed by atoms with Gasteiger partial charge >= 0.3 is 0 Å². The molecular weight excluding hydrogens is 184 g/mol. The molecule has 0 unspecified atom stereocenters. The van der Waals surface area contributed by atoms with Crippen LogP contribution in [0.1, 0.15) is 5.56 Å². The van der Waals surface area contributed by atoms with E-state index in [1.807, 2.05) is 0 Å². The molecule has 0 spiro atoms. The first kappa shape index (κ1) is 9.91. The highest BCUT2D eigenvalue weighted by Crippen LogP contribution is 2.15. The van der Waals surface area contributed by atoms with Crippen LogP contribution in [0.15, 0.2) is 41.2 Å². The molecule has 1 aromatic carbocycles. The van der Waals surface area contributed by atoms with Crippen LogP contribution >= 0.6 is 0 Å². The normalized spacial score (nSPS) is 11.7. The number of aliphatic hydroxyl groups is 1. The molecule has 72 valence electrons. The summed E-state index contributed by atoms with van der Waals surface area (Å²) in [7, 11) is 0. The van der Waals surface area contributed by atoms with Crippen molar-refractivity contribution in [2.45, 2.75) is 0 Å². The van der Waals surface area contributed by atoms with E-state index in [0.29, 0.717) is 5.56 Å². The van der Waals surface area contributed by atoms with Gasteiger partial charge in [-0.1, -0.05) is 30.3 Å². The third-order valence-electron chi connectivity index (χ3n) is 1.60. The number of nitrogens with zero attached hydrogens (tertiary/aromatic N) is 1. The fourth-order valence-corrected chi connectivity index (χ4v) is 0.938. The molecule has 14 heavy (non-hydrogen) atoms. The molecule has 0 atom stereocenters. The average molecular weight is 192 g/mol. The number of amides is 1. The van der Waals surface area contributed by atoms with Gasteiger partial charge in [0.1, 0.15) is 0 Å². The zero-order valence-corrected chi connectivity index (χ0v) is 7.18. The van der Waals surface area contributed by atoms with Crippen LogP contribution in [0.25, 0.3) is 5.76 Å². The molecule has 0 bridgehead atoms. The molecule has 0 radical (unpaired) electrons. The lowest BCUT2D eigenvalue weighted by Crippen LogP contribution is -2.14. The molecule has 0 heterocycles. The van der Waals surface area contributed by atoms with Crippen molar-refractivity contribution in [2.75, 3.05) is 0 Å². The molecule has 5 nitrogen and oxygen atoms in total. The maximum Gasteiger partial charge on any atom is 0.274 e.